The summed E-state index contributed by atoms with van der Waals surface area (Å²) in [7, 11) is 0. The second-order valence-electron chi connectivity index (χ2n) is 3.86. The molecule has 1 aromatic rings. The van der Waals surface area contributed by atoms with Gasteiger partial charge in [-0.15, -0.1) is 0 Å². The van der Waals surface area contributed by atoms with Gasteiger partial charge in [0.05, 0.1) is 6.33 Å². The first kappa shape index (κ1) is 10.2. The van der Waals surface area contributed by atoms with Crippen molar-refractivity contribution in [1.82, 2.24) is 14.5 Å². The molecule has 1 aromatic heterocycles. The molecule has 0 amide bonds. The number of imidazole rings is 1. The average Bonchev–Trinajstić information content (AvgIpc) is 2.87. The molecule has 1 N–H and O–H groups in total. The highest BCUT2D eigenvalue weighted by molar-refractivity contribution is 5.73. The number of nitrogens with zero attached hydrogens (tertiary/aromatic N) is 3. The van der Waals surface area contributed by atoms with Gasteiger partial charge in [-0.2, -0.15) is 0 Å². The van der Waals surface area contributed by atoms with Crippen molar-refractivity contribution in [1.29, 1.82) is 0 Å². The number of aromatic nitrogens is 2. The molecule has 1 atom stereocenters. The van der Waals surface area contributed by atoms with E-state index in [0.29, 0.717) is 6.54 Å². The summed E-state index contributed by atoms with van der Waals surface area (Å²) in [5.74, 6) is -0.745. The third-order valence-corrected chi connectivity index (χ3v) is 2.81. The Balaban J connectivity index is 2.03. The number of hydrogen-bond acceptors (Lipinski definition) is 3. The molecule has 0 radical (unpaired) electrons. The highest BCUT2D eigenvalue weighted by Gasteiger charge is 2.27. The third kappa shape index (κ3) is 2.36. The molecule has 82 valence electrons. The molecule has 15 heavy (non-hydrogen) atoms. The third-order valence-electron chi connectivity index (χ3n) is 2.81. The van der Waals surface area contributed by atoms with Gasteiger partial charge in [-0.1, -0.05) is 0 Å². The topological polar surface area (TPSA) is 58.4 Å². The smallest absolute Gasteiger partial charge is 0.322 e. The standard InChI is InChI=1S/C10H15N3O2/c14-10(15)9(13-4-1-2-5-13)7-12-6-3-11-8-12/h3,6,8-9H,1-2,4-5,7H2,(H,14,15). The number of carboxylic acids is 1. The predicted molar refractivity (Wildman–Crippen MR) is 54.5 cm³/mol. The first-order valence-electron chi connectivity index (χ1n) is 5.20. The van der Waals surface area contributed by atoms with Crippen molar-refractivity contribution >= 4 is 5.97 Å². The summed E-state index contributed by atoms with van der Waals surface area (Å²) in [5, 5.41) is 9.16. The normalized spacial score (nSPS) is 19.2. The number of likely N-dealkylation sites (tertiary alicyclic amines) is 1. The van der Waals surface area contributed by atoms with E-state index in [-0.39, 0.29) is 0 Å². The summed E-state index contributed by atoms with van der Waals surface area (Å²) in [6, 6.07) is -0.415. The van der Waals surface area contributed by atoms with Gasteiger partial charge in [0.2, 0.25) is 0 Å². The molecule has 1 aliphatic heterocycles. The lowest BCUT2D eigenvalue weighted by molar-refractivity contribution is -0.143. The van der Waals surface area contributed by atoms with Gasteiger partial charge < -0.3 is 9.67 Å². The summed E-state index contributed by atoms with van der Waals surface area (Å²) in [4.78, 5) is 17.1. The van der Waals surface area contributed by atoms with Crippen LogP contribution in [0.25, 0.3) is 0 Å². The molecule has 1 unspecified atom stereocenters. The molecule has 1 saturated heterocycles. The van der Waals surface area contributed by atoms with Gasteiger partial charge in [0, 0.05) is 18.9 Å². The molecule has 0 aliphatic carbocycles. The SMILES string of the molecule is O=C(O)C(Cn1ccnc1)N1CCCC1. The van der Waals surface area contributed by atoms with Crippen LogP contribution < -0.4 is 0 Å². The van der Waals surface area contributed by atoms with Crippen molar-refractivity contribution < 1.29 is 9.90 Å². The van der Waals surface area contributed by atoms with E-state index in [2.05, 4.69) is 4.98 Å². The van der Waals surface area contributed by atoms with E-state index in [0.717, 1.165) is 25.9 Å². The molecule has 0 bridgehead atoms. The minimum absolute atomic E-state index is 0.415. The number of aliphatic carboxylic acids is 1. The van der Waals surface area contributed by atoms with Crippen LogP contribution in [0.2, 0.25) is 0 Å². The number of hydrogen-bond donors (Lipinski definition) is 1. The molecule has 5 heteroatoms. The Kier molecular flexibility index (Phi) is 3.01. The molecule has 0 aromatic carbocycles. The molecule has 2 heterocycles. The minimum atomic E-state index is -0.745. The van der Waals surface area contributed by atoms with Crippen molar-refractivity contribution in [3.8, 4) is 0 Å². The van der Waals surface area contributed by atoms with Gasteiger partial charge in [0.15, 0.2) is 0 Å². The Morgan fingerprint density at radius 1 is 1.47 bits per heavy atom. The van der Waals surface area contributed by atoms with E-state index in [1.165, 1.54) is 0 Å². The van der Waals surface area contributed by atoms with Crippen LogP contribution >= 0.6 is 0 Å². The van der Waals surface area contributed by atoms with Crippen molar-refractivity contribution in [3.05, 3.63) is 18.7 Å². The summed E-state index contributed by atoms with van der Waals surface area (Å²) in [5.41, 5.74) is 0. The summed E-state index contributed by atoms with van der Waals surface area (Å²) < 4.78 is 1.82. The molecule has 0 spiro atoms. The molecule has 0 saturated carbocycles. The van der Waals surface area contributed by atoms with Gasteiger partial charge in [-0.3, -0.25) is 9.69 Å². The van der Waals surface area contributed by atoms with E-state index < -0.39 is 12.0 Å². The zero-order valence-electron chi connectivity index (χ0n) is 8.54. The fourth-order valence-corrected chi connectivity index (χ4v) is 2.00. The highest BCUT2D eigenvalue weighted by Crippen LogP contribution is 2.13. The highest BCUT2D eigenvalue weighted by atomic mass is 16.4. The quantitative estimate of drug-likeness (QED) is 0.781. The zero-order valence-corrected chi connectivity index (χ0v) is 8.54. The second kappa shape index (κ2) is 4.44. The lowest BCUT2D eigenvalue weighted by Gasteiger charge is -2.23. The first-order valence-corrected chi connectivity index (χ1v) is 5.20. The summed E-state index contributed by atoms with van der Waals surface area (Å²) >= 11 is 0. The van der Waals surface area contributed by atoms with Crippen molar-refractivity contribution in [2.45, 2.75) is 25.4 Å². The van der Waals surface area contributed by atoms with Crippen LogP contribution in [0, 0.1) is 0 Å². The van der Waals surface area contributed by atoms with Crippen LogP contribution in [-0.2, 0) is 11.3 Å². The number of carbonyl (C=O) groups is 1. The van der Waals surface area contributed by atoms with Crippen molar-refractivity contribution in [3.63, 3.8) is 0 Å². The number of rotatable bonds is 4. The van der Waals surface area contributed by atoms with Crippen LogP contribution in [-0.4, -0.2) is 44.7 Å². The Bertz CT molecular complexity index is 317. The van der Waals surface area contributed by atoms with Crippen LogP contribution in [0.5, 0.6) is 0 Å². The van der Waals surface area contributed by atoms with E-state index in [9.17, 15) is 4.79 Å². The van der Waals surface area contributed by atoms with Crippen molar-refractivity contribution in [2.75, 3.05) is 13.1 Å². The molecule has 1 aliphatic rings. The van der Waals surface area contributed by atoms with Crippen molar-refractivity contribution in [2.24, 2.45) is 0 Å². The summed E-state index contributed by atoms with van der Waals surface area (Å²) in [6.45, 7) is 2.27. The van der Waals surface area contributed by atoms with Gasteiger partial charge in [-0.05, 0) is 25.9 Å². The van der Waals surface area contributed by atoms with Gasteiger partial charge in [-0.25, -0.2) is 4.98 Å². The van der Waals surface area contributed by atoms with Crippen LogP contribution in [0.15, 0.2) is 18.7 Å². The second-order valence-corrected chi connectivity index (χ2v) is 3.86. The largest absolute Gasteiger partial charge is 0.480 e. The van der Waals surface area contributed by atoms with Crippen LogP contribution in [0.1, 0.15) is 12.8 Å². The Labute approximate surface area is 88.3 Å². The lowest BCUT2D eigenvalue weighted by Crippen LogP contribution is -2.42. The lowest BCUT2D eigenvalue weighted by atomic mass is 10.2. The molecule has 2 rings (SSSR count). The number of carboxylic acid groups (broad SMARTS) is 1. The van der Waals surface area contributed by atoms with E-state index in [4.69, 9.17) is 5.11 Å². The Hall–Kier alpha value is -1.36. The average molecular weight is 209 g/mol. The molecular formula is C10H15N3O2. The van der Waals surface area contributed by atoms with Crippen LogP contribution in [0.3, 0.4) is 0 Å². The molecule has 5 nitrogen and oxygen atoms in total. The predicted octanol–water partition coefficient (Wildman–Crippen LogP) is 0.432. The van der Waals surface area contributed by atoms with Gasteiger partial charge in [0.25, 0.3) is 0 Å². The molecular weight excluding hydrogens is 194 g/mol. The van der Waals surface area contributed by atoms with Gasteiger partial charge >= 0.3 is 5.97 Å². The fourth-order valence-electron chi connectivity index (χ4n) is 2.00. The van der Waals surface area contributed by atoms with E-state index >= 15 is 0 Å². The summed E-state index contributed by atoms with van der Waals surface area (Å²) in [6.07, 6.45) is 7.34. The fraction of sp³-hybridized carbons (Fsp3) is 0.600. The first-order chi connectivity index (χ1) is 7.27. The maximum absolute atomic E-state index is 11.1. The maximum Gasteiger partial charge on any atom is 0.322 e. The van der Waals surface area contributed by atoms with Gasteiger partial charge in [0.1, 0.15) is 6.04 Å². The Morgan fingerprint density at radius 3 is 2.73 bits per heavy atom. The Morgan fingerprint density at radius 2 is 2.20 bits per heavy atom. The monoisotopic (exact) mass is 209 g/mol. The maximum atomic E-state index is 11.1. The van der Waals surface area contributed by atoms with E-state index in [1.807, 2.05) is 9.47 Å². The molecule has 1 fully saturated rings. The van der Waals surface area contributed by atoms with E-state index in [1.54, 1.807) is 18.7 Å². The van der Waals surface area contributed by atoms with Crippen LogP contribution in [0.4, 0.5) is 0 Å². The zero-order chi connectivity index (χ0) is 10.7. The minimum Gasteiger partial charge on any atom is -0.480 e.